The summed E-state index contributed by atoms with van der Waals surface area (Å²) in [5.74, 6) is 2.35. The van der Waals surface area contributed by atoms with Crippen LogP contribution >= 0.6 is 0 Å². The molecule has 0 fully saturated rings. The Kier molecular flexibility index (Phi) is 9.08. The maximum atomic E-state index is 2.35. The van der Waals surface area contributed by atoms with Crippen LogP contribution in [-0.2, 0) is 0 Å². The van der Waals surface area contributed by atoms with E-state index in [-0.39, 0.29) is 0 Å². The van der Waals surface area contributed by atoms with Crippen molar-refractivity contribution < 1.29 is 0 Å². The van der Waals surface area contributed by atoms with Crippen molar-refractivity contribution in [1.82, 2.24) is 0 Å². The Morgan fingerprint density at radius 1 is 1.25 bits per heavy atom. The molecule has 0 spiro atoms. The van der Waals surface area contributed by atoms with E-state index in [4.69, 9.17) is 0 Å². The van der Waals surface area contributed by atoms with E-state index in [0.29, 0.717) is 0 Å². The molecule has 50 valence electrons. The van der Waals surface area contributed by atoms with E-state index in [1.54, 1.807) is 0 Å². The molecule has 0 bridgehead atoms. The summed E-state index contributed by atoms with van der Waals surface area (Å²) in [6, 6.07) is 0. The van der Waals surface area contributed by atoms with Crippen LogP contribution in [-0.4, -0.2) is 26.3 Å². The zero-order chi connectivity index (χ0) is 6.24. The number of rotatable bonds is 5. The number of hydrogen-bond donors (Lipinski definition) is 0. The zero-order valence-electron chi connectivity index (χ0n) is 5.64. The fraction of sp³-hybridized carbons (Fsp3) is 1.00. The normalized spacial score (nSPS) is 9.75. The molecule has 0 N–H and O–H groups in total. The van der Waals surface area contributed by atoms with Gasteiger partial charge in [0.05, 0.1) is 0 Å². The van der Waals surface area contributed by atoms with Crippen LogP contribution in [0, 0.1) is 0 Å². The molecule has 0 aliphatic carbocycles. The van der Waals surface area contributed by atoms with E-state index >= 15 is 0 Å². The van der Waals surface area contributed by atoms with Gasteiger partial charge in [0.15, 0.2) is 0 Å². The fourth-order valence-electron chi connectivity index (χ4n) is 0.494. The molecule has 0 aromatic rings. The molecule has 0 saturated heterocycles. The van der Waals surface area contributed by atoms with Crippen LogP contribution in [0.1, 0.15) is 26.2 Å². The quantitative estimate of drug-likeness (QED) is 0.512. The van der Waals surface area contributed by atoms with Crippen LogP contribution in [0.25, 0.3) is 0 Å². The third-order valence-electron chi connectivity index (χ3n) is 0.949. The van der Waals surface area contributed by atoms with Crippen LogP contribution in [0.4, 0.5) is 0 Å². The Labute approximate surface area is 63.7 Å². The van der Waals surface area contributed by atoms with Crippen LogP contribution in [0.3, 0.4) is 0 Å². The van der Waals surface area contributed by atoms with Crippen molar-refractivity contribution >= 4 is 26.3 Å². The van der Waals surface area contributed by atoms with Gasteiger partial charge in [0.2, 0.25) is 0 Å². The van der Waals surface area contributed by atoms with E-state index in [1.807, 2.05) is 0 Å². The van der Waals surface area contributed by atoms with E-state index < -0.39 is 0 Å². The molecule has 0 saturated carbocycles. The molecule has 2 heteroatoms. The molecule has 8 heavy (non-hydrogen) atoms. The second-order valence-electron chi connectivity index (χ2n) is 1.70. The van der Waals surface area contributed by atoms with Gasteiger partial charge in [0.1, 0.15) is 0 Å². The summed E-state index contributed by atoms with van der Waals surface area (Å²) in [6.45, 7) is 2.27. The molecule has 0 amide bonds. The summed E-state index contributed by atoms with van der Waals surface area (Å²) in [5, 5.41) is 1.54. The molecule has 0 rings (SSSR count). The monoisotopic (exact) mass is 246 g/mol. The van der Waals surface area contributed by atoms with Gasteiger partial charge in [0.25, 0.3) is 0 Å². The predicted octanol–water partition coefficient (Wildman–Crippen LogP) is 1.97. The van der Waals surface area contributed by atoms with Gasteiger partial charge < -0.3 is 0 Å². The molecule has 0 radical (unpaired) electrons. The summed E-state index contributed by atoms with van der Waals surface area (Å²) in [4.78, 5) is 0. The third kappa shape index (κ3) is 7.04. The van der Waals surface area contributed by atoms with E-state index in [9.17, 15) is 0 Å². The molecule has 0 atom stereocenters. The van der Waals surface area contributed by atoms with E-state index in [2.05, 4.69) is 12.7 Å². The fourth-order valence-corrected chi connectivity index (χ4v) is 4.62. The topological polar surface area (TPSA) is 0 Å². The predicted molar refractivity (Wildman–Crippen MR) is 41.7 cm³/mol. The van der Waals surface area contributed by atoms with Crippen molar-refractivity contribution in [2.45, 2.75) is 37.3 Å². The van der Waals surface area contributed by atoms with Crippen molar-refractivity contribution in [3.05, 3.63) is 0 Å². The van der Waals surface area contributed by atoms with Crippen LogP contribution in [0.2, 0.25) is 11.1 Å². The molecular formula is C6H14Se2. The van der Waals surface area contributed by atoms with Gasteiger partial charge in [-0.2, -0.15) is 0 Å². The van der Waals surface area contributed by atoms with E-state index in [0.717, 1.165) is 26.3 Å². The summed E-state index contributed by atoms with van der Waals surface area (Å²) < 4.78 is 0. The summed E-state index contributed by atoms with van der Waals surface area (Å²) >= 11 is 2.02. The van der Waals surface area contributed by atoms with Gasteiger partial charge in [-0.15, -0.1) is 0 Å². The van der Waals surface area contributed by atoms with Crippen molar-refractivity contribution in [2.24, 2.45) is 0 Å². The molecule has 0 aromatic carbocycles. The Hall–Kier alpha value is 1.04. The summed E-state index contributed by atoms with van der Waals surface area (Å²) in [7, 11) is 0. The standard InChI is InChI=1S/C6H14Se2/c1-3-4-5-6-8-7-2/h3-6H2,1-2H3. The molecule has 0 aliphatic rings. The molecule has 0 heterocycles. The Bertz CT molecular complexity index is 31.5. The first kappa shape index (κ1) is 9.04. The van der Waals surface area contributed by atoms with Crippen LogP contribution in [0.5, 0.6) is 0 Å². The Balaban J connectivity index is 2.53. The average Bonchev–Trinajstić information content (AvgIpc) is 1.81. The second-order valence-corrected chi connectivity index (χ2v) is 9.95. The maximum absolute atomic E-state index is 2.35. The number of hydrogen-bond acceptors (Lipinski definition) is 0. The van der Waals surface area contributed by atoms with E-state index in [1.165, 1.54) is 24.6 Å². The Morgan fingerprint density at radius 3 is 2.50 bits per heavy atom. The molecule has 0 unspecified atom stereocenters. The number of unbranched alkanes of at least 4 members (excludes halogenated alkanes) is 2. The molecule has 0 aliphatic heterocycles. The first-order chi connectivity index (χ1) is 3.91. The second kappa shape index (κ2) is 8.04. The van der Waals surface area contributed by atoms with Crippen molar-refractivity contribution in [1.29, 1.82) is 0 Å². The first-order valence-corrected chi connectivity index (χ1v) is 10.3. The first-order valence-electron chi connectivity index (χ1n) is 3.07. The average molecular weight is 244 g/mol. The third-order valence-corrected chi connectivity index (χ3v) is 6.79. The van der Waals surface area contributed by atoms with Crippen molar-refractivity contribution in [3.8, 4) is 0 Å². The summed E-state index contributed by atoms with van der Waals surface area (Å²) in [5.41, 5.74) is 0. The Morgan fingerprint density at radius 2 is 2.00 bits per heavy atom. The van der Waals surface area contributed by atoms with Gasteiger partial charge in [-0.25, -0.2) is 0 Å². The van der Waals surface area contributed by atoms with Crippen LogP contribution in [0.15, 0.2) is 0 Å². The SMILES string of the molecule is CCCCC[Se][Se]C. The summed E-state index contributed by atoms with van der Waals surface area (Å²) in [6.07, 6.45) is 4.33. The van der Waals surface area contributed by atoms with Gasteiger partial charge >= 0.3 is 63.6 Å². The van der Waals surface area contributed by atoms with Gasteiger partial charge in [-0.1, -0.05) is 0 Å². The van der Waals surface area contributed by atoms with Gasteiger partial charge in [-0.3, -0.25) is 0 Å². The molecule has 0 aromatic heterocycles. The molecular weight excluding hydrogens is 230 g/mol. The van der Waals surface area contributed by atoms with Crippen LogP contribution < -0.4 is 0 Å². The van der Waals surface area contributed by atoms with Crippen molar-refractivity contribution in [3.63, 3.8) is 0 Å². The zero-order valence-corrected chi connectivity index (χ0v) is 9.07. The molecule has 0 nitrogen and oxygen atoms in total. The minimum atomic E-state index is 0.987. The minimum absolute atomic E-state index is 0.987. The van der Waals surface area contributed by atoms with Gasteiger partial charge in [0, 0.05) is 0 Å². The van der Waals surface area contributed by atoms with Crippen molar-refractivity contribution in [2.75, 3.05) is 0 Å². The van der Waals surface area contributed by atoms with Gasteiger partial charge in [-0.05, 0) is 0 Å².